The zero-order chi connectivity index (χ0) is 13.7. The van der Waals surface area contributed by atoms with Gasteiger partial charge in [-0.15, -0.1) is 0 Å². The fraction of sp³-hybridized carbons (Fsp3) is 0.267. The van der Waals surface area contributed by atoms with E-state index in [2.05, 4.69) is 10.3 Å². The molecule has 3 N–H and O–H groups in total. The Morgan fingerprint density at radius 3 is 2.53 bits per heavy atom. The number of aliphatic hydroxyl groups is 2. The van der Waals surface area contributed by atoms with Gasteiger partial charge in [0.25, 0.3) is 0 Å². The quantitative estimate of drug-likeness (QED) is 0.767. The number of aryl methyl sites for hydroxylation is 1. The van der Waals surface area contributed by atoms with Crippen LogP contribution in [0.25, 0.3) is 0 Å². The molecule has 0 unspecified atom stereocenters. The van der Waals surface area contributed by atoms with Crippen molar-refractivity contribution in [3.05, 3.63) is 58.9 Å². The molecule has 4 heteroatoms. The zero-order valence-corrected chi connectivity index (χ0v) is 10.9. The van der Waals surface area contributed by atoms with Crippen LogP contribution in [0, 0.1) is 6.92 Å². The maximum absolute atomic E-state index is 9.26. The average Bonchev–Trinajstić information content (AvgIpc) is 2.46. The molecule has 100 valence electrons. The molecule has 2 aromatic rings. The number of nitrogens with one attached hydrogen (secondary N) is 1. The summed E-state index contributed by atoms with van der Waals surface area (Å²) in [5, 5.41) is 21.7. The summed E-state index contributed by atoms with van der Waals surface area (Å²) < 4.78 is 0. The van der Waals surface area contributed by atoms with Crippen LogP contribution >= 0.6 is 0 Å². The van der Waals surface area contributed by atoms with Crippen LogP contribution < -0.4 is 5.32 Å². The summed E-state index contributed by atoms with van der Waals surface area (Å²) >= 11 is 0. The van der Waals surface area contributed by atoms with Crippen LogP contribution in [0.2, 0.25) is 0 Å². The predicted octanol–water partition coefficient (Wildman–Crippen LogP) is 1.99. The van der Waals surface area contributed by atoms with E-state index in [1.165, 1.54) is 5.56 Å². The van der Waals surface area contributed by atoms with Gasteiger partial charge in [-0.3, -0.25) is 4.98 Å². The highest BCUT2D eigenvalue weighted by molar-refractivity contribution is 5.49. The molecule has 0 bridgehead atoms. The van der Waals surface area contributed by atoms with Crippen LogP contribution in [-0.4, -0.2) is 15.2 Å². The summed E-state index contributed by atoms with van der Waals surface area (Å²) in [6.45, 7) is 2.61. The van der Waals surface area contributed by atoms with Crippen LogP contribution in [0.15, 0.2) is 36.7 Å². The minimum absolute atomic E-state index is 0.0559. The Morgan fingerprint density at radius 1 is 1.05 bits per heavy atom. The topological polar surface area (TPSA) is 65.4 Å². The molecule has 0 fully saturated rings. The van der Waals surface area contributed by atoms with E-state index in [9.17, 15) is 5.11 Å². The highest BCUT2D eigenvalue weighted by Gasteiger charge is 2.03. The van der Waals surface area contributed by atoms with Crippen molar-refractivity contribution in [2.45, 2.75) is 26.7 Å². The van der Waals surface area contributed by atoms with E-state index in [1.54, 1.807) is 6.20 Å². The van der Waals surface area contributed by atoms with E-state index >= 15 is 0 Å². The van der Waals surface area contributed by atoms with Crippen LogP contribution in [0.1, 0.15) is 22.3 Å². The van der Waals surface area contributed by atoms with Crippen LogP contribution in [0.4, 0.5) is 5.69 Å². The fourth-order valence-electron chi connectivity index (χ4n) is 1.94. The summed E-state index contributed by atoms with van der Waals surface area (Å²) in [6.07, 6.45) is 3.61. The largest absolute Gasteiger partial charge is 0.392 e. The Morgan fingerprint density at radius 2 is 1.84 bits per heavy atom. The number of hydrogen-bond acceptors (Lipinski definition) is 4. The Labute approximate surface area is 112 Å². The predicted molar refractivity (Wildman–Crippen MR) is 74.6 cm³/mol. The summed E-state index contributed by atoms with van der Waals surface area (Å²) in [4.78, 5) is 4.06. The second kappa shape index (κ2) is 6.31. The number of aliphatic hydroxyl groups excluding tert-OH is 2. The number of nitrogens with zero attached hydrogens (tertiary/aromatic N) is 1. The molecular formula is C15H18N2O2. The van der Waals surface area contributed by atoms with Gasteiger partial charge in [-0.05, 0) is 47.4 Å². The fourth-order valence-corrected chi connectivity index (χ4v) is 1.94. The van der Waals surface area contributed by atoms with Gasteiger partial charge in [0, 0.05) is 24.6 Å². The average molecular weight is 258 g/mol. The lowest BCUT2D eigenvalue weighted by atomic mass is 10.1. The minimum Gasteiger partial charge on any atom is -0.392 e. The van der Waals surface area contributed by atoms with E-state index in [1.807, 2.05) is 37.4 Å². The summed E-state index contributed by atoms with van der Waals surface area (Å²) in [6, 6.07) is 7.58. The van der Waals surface area contributed by atoms with Gasteiger partial charge in [0.15, 0.2) is 0 Å². The highest BCUT2D eigenvalue weighted by atomic mass is 16.3. The molecule has 0 spiro atoms. The molecule has 0 saturated heterocycles. The molecule has 0 aliphatic carbocycles. The van der Waals surface area contributed by atoms with Gasteiger partial charge in [-0.2, -0.15) is 0 Å². The van der Waals surface area contributed by atoms with E-state index < -0.39 is 0 Å². The maximum atomic E-state index is 9.26. The number of aromatic nitrogens is 1. The number of rotatable bonds is 5. The Kier molecular flexibility index (Phi) is 4.49. The Bertz CT molecular complexity index is 556. The monoisotopic (exact) mass is 258 g/mol. The normalized spacial score (nSPS) is 10.5. The molecule has 0 aliphatic rings. The molecule has 0 saturated carbocycles. The third-order valence-electron chi connectivity index (χ3n) is 3.17. The molecule has 1 aromatic carbocycles. The smallest absolute Gasteiger partial charge is 0.0686 e. The van der Waals surface area contributed by atoms with Crippen molar-refractivity contribution in [1.29, 1.82) is 0 Å². The lowest BCUT2D eigenvalue weighted by Gasteiger charge is -2.11. The maximum Gasteiger partial charge on any atom is 0.0686 e. The second-order valence-electron chi connectivity index (χ2n) is 4.46. The van der Waals surface area contributed by atoms with Crippen molar-refractivity contribution >= 4 is 5.69 Å². The molecule has 1 aromatic heterocycles. The van der Waals surface area contributed by atoms with Crippen molar-refractivity contribution in [3.8, 4) is 0 Å². The number of pyridine rings is 1. The van der Waals surface area contributed by atoms with Crippen molar-refractivity contribution in [2.75, 3.05) is 5.32 Å². The SMILES string of the molecule is Cc1cnccc1CNc1ccc(CO)c(CO)c1. The van der Waals surface area contributed by atoms with Gasteiger partial charge in [-0.25, -0.2) is 0 Å². The minimum atomic E-state index is -0.0697. The first-order chi connectivity index (χ1) is 9.24. The van der Waals surface area contributed by atoms with Gasteiger partial charge in [-0.1, -0.05) is 6.07 Å². The van der Waals surface area contributed by atoms with Crippen LogP contribution in [-0.2, 0) is 19.8 Å². The lowest BCUT2D eigenvalue weighted by molar-refractivity contribution is 0.260. The van der Waals surface area contributed by atoms with Crippen molar-refractivity contribution in [3.63, 3.8) is 0 Å². The van der Waals surface area contributed by atoms with Crippen molar-refractivity contribution in [1.82, 2.24) is 4.98 Å². The molecular weight excluding hydrogens is 240 g/mol. The zero-order valence-electron chi connectivity index (χ0n) is 10.9. The molecule has 0 atom stereocenters. The molecule has 1 heterocycles. The molecule has 19 heavy (non-hydrogen) atoms. The van der Waals surface area contributed by atoms with Gasteiger partial charge in [0.1, 0.15) is 0 Å². The first-order valence-corrected chi connectivity index (χ1v) is 6.21. The van der Waals surface area contributed by atoms with E-state index in [0.29, 0.717) is 6.54 Å². The number of anilines is 1. The Hall–Kier alpha value is -1.91. The molecule has 0 radical (unpaired) electrons. The summed E-state index contributed by atoms with van der Waals surface area (Å²) in [5.74, 6) is 0. The van der Waals surface area contributed by atoms with Gasteiger partial charge in [0.05, 0.1) is 13.2 Å². The van der Waals surface area contributed by atoms with Crippen LogP contribution in [0.3, 0.4) is 0 Å². The number of benzene rings is 1. The highest BCUT2D eigenvalue weighted by Crippen LogP contribution is 2.17. The summed E-state index contributed by atoms with van der Waals surface area (Å²) in [7, 11) is 0. The third kappa shape index (κ3) is 3.30. The van der Waals surface area contributed by atoms with E-state index in [-0.39, 0.29) is 13.2 Å². The summed E-state index contributed by atoms with van der Waals surface area (Å²) in [5.41, 5.74) is 4.76. The molecule has 0 aliphatic heterocycles. The van der Waals surface area contributed by atoms with E-state index in [0.717, 1.165) is 22.4 Å². The molecule has 0 amide bonds. The standard InChI is InChI=1S/C15H18N2O2/c1-11-7-16-5-4-12(11)8-17-15-3-2-13(9-18)14(6-15)10-19/h2-7,17-19H,8-10H2,1H3. The molecule has 4 nitrogen and oxygen atoms in total. The first-order valence-electron chi connectivity index (χ1n) is 6.21. The van der Waals surface area contributed by atoms with Crippen LogP contribution in [0.5, 0.6) is 0 Å². The van der Waals surface area contributed by atoms with E-state index in [4.69, 9.17) is 5.11 Å². The van der Waals surface area contributed by atoms with Gasteiger partial charge >= 0.3 is 0 Å². The van der Waals surface area contributed by atoms with Gasteiger partial charge in [0.2, 0.25) is 0 Å². The lowest BCUT2D eigenvalue weighted by Crippen LogP contribution is -2.03. The van der Waals surface area contributed by atoms with Gasteiger partial charge < -0.3 is 15.5 Å². The first kappa shape index (κ1) is 13.5. The number of hydrogen-bond donors (Lipinski definition) is 3. The van der Waals surface area contributed by atoms with Crippen molar-refractivity contribution in [2.24, 2.45) is 0 Å². The third-order valence-corrected chi connectivity index (χ3v) is 3.17. The second-order valence-corrected chi connectivity index (χ2v) is 4.46. The molecule has 2 rings (SSSR count). The Balaban J connectivity index is 2.10. The van der Waals surface area contributed by atoms with Crippen molar-refractivity contribution < 1.29 is 10.2 Å².